The molecule has 8 heteroatoms. The number of rotatable bonds is 3. The maximum Gasteiger partial charge on any atom is 0.416 e. The van der Waals surface area contributed by atoms with E-state index in [2.05, 4.69) is 0 Å². The van der Waals surface area contributed by atoms with Crippen LogP contribution >= 0.6 is 0 Å². The number of carbonyl (C=O) groups is 1. The molecule has 0 aromatic heterocycles. The van der Waals surface area contributed by atoms with Gasteiger partial charge in [-0.25, -0.2) is 0 Å². The Kier molecular flexibility index (Phi) is 5.63. The lowest BCUT2D eigenvalue weighted by Crippen LogP contribution is -2.41. The van der Waals surface area contributed by atoms with Crippen LogP contribution in [-0.2, 0) is 28.3 Å². The molecule has 146 valence electrons. The average molecular weight is 382 g/mol. The summed E-state index contributed by atoms with van der Waals surface area (Å²) in [5.74, 6) is -1.02. The van der Waals surface area contributed by atoms with Crippen LogP contribution in [0.1, 0.15) is 43.9 Å². The Morgan fingerprint density at radius 1 is 1.04 bits per heavy atom. The van der Waals surface area contributed by atoms with Crippen LogP contribution in [0.4, 0.5) is 26.3 Å². The second-order valence-electron chi connectivity index (χ2n) is 7.14. The van der Waals surface area contributed by atoms with Crippen LogP contribution in [0.25, 0.3) is 0 Å². The molecule has 1 aliphatic heterocycles. The molecule has 0 N–H and O–H groups in total. The summed E-state index contributed by atoms with van der Waals surface area (Å²) in [6.07, 6.45) is -10.2. The molecule has 1 unspecified atom stereocenters. The van der Waals surface area contributed by atoms with Crippen LogP contribution in [0.15, 0.2) is 18.2 Å². The van der Waals surface area contributed by atoms with Gasteiger partial charge in [0.1, 0.15) is 6.10 Å². The van der Waals surface area contributed by atoms with Crippen molar-refractivity contribution < 1.29 is 35.9 Å². The minimum atomic E-state index is -4.88. The minimum Gasteiger partial charge on any atom is -0.462 e. The number of halogens is 6. The van der Waals surface area contributed by atoms with Gasteiger partial charge in [0.2, 0.25) is 0 Å². The molecule has 1 saturated heterocycles. The van der Waals surface area contributed by atoms with Gasteiger partial charge in [-0.2, -0.15) is 26.3 Å². The molecule has 1 heterocycles. The molecule has 0 saturated carbocycles. The fourth-order valence-electron chi connectivity index (χ4n) is 3.42. The summed E-state index contributed by atoms with van der Waals surface area (Å²) in [6, 6.07) is 1.57. The van der Waals surface area contributed by atoms with Gasteiger partial charge in [0, 0.05) is 6.42 Å². The van der Waals surface area contributed by atoms with Crippen molar-refractivity contribution >= 4 is 5.97 Å². The Bertz CT molecular complexity index is 630. The van der Waals surface area contributed by atoms with E-state index in [0.717, 1.165) is 12.1 Å². The molecule has 3 atom stereocenters. The zero-order valence-electron chi connectivity index (χ0n) is 14.5. The molecular weight excluding hydrogens is 362 g/mol. The molecule has 26 heavy (non-hydrogen) atoms. The fraction of sp³-hybridized carbons (Fsp3) is 0.611. The number of alkyl halides is 6. The first-order valence-electron chi connectivity index (χ1n) is 8.27. The smallest absolute Gasteiger partial charge is 0.416 e. The second kappa shape index (κ2) is 7.12. The molecule has 2 rings (SSSR count). The molecule has 1 aliphatic rings. The van der Waals surface area contributed by atoms with Crippen LogP contribution in [-0.4, -0.2) is 12.1 Å². The van der Waals surface area contributed by atoms with Gasteiger partial charge < -0.3 is 4.74 Å². The average Bonchev–Trinajstić information content (AvgIpc) is 2.48. The first-order chi connectivity index (χ1) is 11.8. The third-order valence-electron chi connectivity index (χ3n) is 4.76. The van der Waals surface area contributed by atoms with Crippen molar-refractivity contribution in [1.29, 1.82) is 0 Å². The molecule has 1 fully saturated rings. The van der Waals surface area contributed by atoms with E-state index >= 15 is 0 Å². The molecule has 0 bridgehead atoms. The molecule has 1 aromatic carbocycles. The Hall–Kier alpha value is -1.73. The van der Waals surface area contributed by atoms with E-state index in [1.54, 1.807) is 6.92 Å². The SMILES string of the molecule is CC(C)[C@H]1OC(=O)CC(Cc2cc(C(F)(F)F)cc(C(F)(F)F)c2)[C@@H]1C. The highest BCUT2D eigenvalue weighted by molar-refractivity contribution is 5.71. The summed E-state index contributed by atoms with van der Waals surface area (Å²) in [4.78, 5) is 11.8. The van der Waals surface area contributed by atoms with Crippen molar-refractivity contribution in [2.24, 2.45) is 17.8 Å². The van der Waals surface area contributed by atoms with Crippen molar-refractivity contribution in [3.05, 3.63) is 34.9 Å². The number of hydrogen-bond donors (Lipinski definition) is 0. The van der Waals surface area contributed by atoms with Crippen molar-refractivity contribution in [2.75, 3.05) is 0 Å². The highest BCUT2D eigenvalue weighted by Gasteiger charge is 2.39. The molecule has 0 spiro atoms. The van der Waals surface area contributed by atoms with Crippen molar-refractivity contribution in [3.63, 3.8) is 0 Å². The van der Waals surface area contributed by atoms with E-state index in [1.165, 1.54) is 0 Å². The Balaban J connectivity index is 2.37. The zero-order chi connectivity index (χ0) is 19.9. The number of esters is 1. The van der Waals surface area contributed by atoms with Crippen LogP contribution < -0.4 is 0 Å². The largest absolute Gasteiger partial charge is 0.462 e. The Morgan fingerprint density at radius 3 is 1.96 bits per heavy atom. The Morgan fingerprint density at radius 2 is 1.54 bits per heavy atom. The van der Waals surface area contributed by atoms with Gasteiger partial charge in [-0.05, 0) is 47.9 Å². The van der Waals surface area contributed by atoms with E-state index in [0.29, 0.717) is 0 Å². The van der Waals surface area contributed by atoms with E-state index < -0.39 is 35.6 Å². The minimum absolute atomic E-state index is 0.00370. The summed E-state index contributed by atoms with van der Waals surface area (Å²) in [6.45, 7) is 5.51. The fourth-order valence-corrected chi connectivity index (χ4v) is 3.42. The highest BCUT2D eigenvalue weighted by Crippen LogP contribution is 2.39. The maximum absolute atomic E-state index is 13.0. The van der Waals surface area contributed by atoms with Gasteiger partial charge in [0.05, 0.1) is 11.1 Å². The zero-order valence-corrected chi connectivity index (χ0v) is 14.5. The quantitative estimate of drug-likeness (QED) is 0.510. The van der Waals surface area contributed by atoms with E-state index in [4.69, 9.17) is 4.74 Å². The van der Waals surface area contributed by atoms with Crippen molar-refractivity contribution in [2.45, 2.75) is 52.1 Å². The van der Waals surface area contributed by atoms with Gasteiger partial charge in [-0.1, -0.05) is 20.8 Å². The lowest BCUT2D eigenvalue weighted by Gasteiger charge is -2.37. The van der Waals surface area contributed by atoms with Gasteiger partial charge in [0.15, 0.2) is 0 Å². The van der Waals surface area contributed by atoms with E-state index in [1.807, 2.05) is 13.8 Å². The predicted molar refractivity (Wildman–Crippen MR) is 82.1 cm³/mol. The molecular formula is C18H20F6O2. The lowest BCUT2D eigenvalue weighted by atomic mass is 9.77. The number of carbonyl (C=O) groups excluding carboxylic acids is 1. The summed E-state index contributed by atoms with van der Waals surface area (Å²) in [5.41, 5.74) is -2.76. The third kappa shape index (κ3) is 4.71. The molecule has 2 nitrogen and oxygen atoms in total. The number of cyclic esters (lactones) is 1. The van der Waals surface area contributed by atoms with Crippen molar-refractivity contribution in [3.8, 4) is 0 Å². The monoisotopic (exact) mass is 382 g/mol. The molecule has 0 aliphatic carbocycles. The summed E-state index contributed by atoms with van der Waals surface area (Å²) >= 11 is 0. The Labute approximate surface area is 147 Å². The first kappa shape index (κ1) is 20.6. The lowest BCUT2D eigenvalue weighted by molar-refractivity contribution is -0.166. The normalized spacial score (nSPS) is 24.7. The van der Waals surface area contributed by atoms with E-state index in [9.17, 15) is 31.1 Å². The summed E-state index contributed by atoms with van der Waals surface area (Å²) in [7, 11) is 0. The van der Waals surface area contributed by atoms with E-state index in [-0.39, 0.29) is 42.2 Å². The van der Waals surface area contributed by atoms with Crippen LogP contribution in [0.2, 0.25) is 0 Å². The van der Waals surface area contributed by atoms with Gasteiger partial charge >= 0.3 is 18.3 Å². The van der Waals surface area contributed by atoms with Gasteiger partial charge in [0.25, 0.3) is 0 Å². The molecule has 1 aromatic rings. The molecule has 0 radical (unpaired) electrons. The number of hydrogen-bond acceptors (Lipinski definition) is 2. The van der Waals surface area contributed by atoms with Crippen LogP contribution in [0.3, 0.4) is 0 Å². The predicted octanol–water partition coefficient (Wildman–Crippen LogP) is 5.49. The van der Waals surface area contributed by atoms with Gasteiger partial charge in [-0.15, -0.1) is 0 Å². The van der Waals surface area contributed by atoms with Crippen LogP contribution in [0, 0.1) is 17.8 Å². The second-order valence-corrected chi connectivity index (χ2v) is 7.14. The topological polar surface area (TPSA) is 26.3 Å². The highest BCUT2D eigenvalue weighted by atomic mass is 19.4. The standard InChI is InChI=1S/C18H20F6O2/c1-9(2)16-10(3)12(7-15(25)26-16)4-11-5-13(17(19,20)21)8-14(6-11)18(22,23)24/h5-6,8-10,12,16H,4,7H2,1-3H3/t10-,12?,16+/m0/s1. The number of benzene rings is 1. The summed E-state index contributed by atoms with van der Waals surface area (Å²) in [5, 5.41) is 0. The first-order valence-corrected chi connectivity index (χ1v) is 8.27. The molecule has 0 amide bonds. The summed E-state index contributed by atoms with van der Waals surface area (Å²) < 4.78 is 83.2. The third-order valence-corrected chi connectivity index (χ3v) is 4.76. The number of ether oxygens (including phenoxy) is 1. The van der Waals surface area contributed by atoms with Crippen molar-refractivity contribution in [1.82, 2.24) is 0 Å². The van der Waals surface area contributed by atoms with Gasteiger partial charge in [-0.3, -0.25) is 4.79 Å². The van der Waals surface area contributed by atoms with Crippen LogP contribution in [0.5, 0.6) is 0 Å². The maximum atomic E-state index is 13.0.